The van der Waals surface area contributed by atoms with Gasteiger partial charge in [-0.1, -0.05) is 23.7 Å². The molecule has 0 aromatic heterocycles. The lowest BCUT2D eigenvalue weighted by molar-refractivity contribution is -0.138. The van der Waals surface area contributed by atoms with Crippen LogP contribution in [-0.4, -0.2) is 36.0 Å². The summed E-state index contributed by atoms with van der Waals surface area (Å²) < 4.78 is 11.3. The zero-order valence-corrected chi connectivity index (χ0v) is 18.2. The minimum absolute atomic E-state index is 0.225. The summed E-state index contributed by atoms with van der Waals surface area (Å²) in [6, 6.07) is 11.9. The molecule has 2 aromatic rings. The summed E-state index contributed by atoms with van der Waals surface area (Å²) in [5.41, 5.74) is 1.79. The number of ether oxygens (including phenoxy) is 2. The van der Waals surface area contributed by atoms with Crippen LogP contribution in [0.4, 0.5) is 5.69 Å². The molecule has 0 bridgehead atoms. The van der Waals surface area contributed by atoms with E-state index in [4.69, 9.17) is 21.1 Å². The Morgan fingerprint density at radius 3 is 2.17 bits per heavy atom. The van der Waals surface area contributed by atoms with Crippen molar-refractivity contribution in [2.75, 3.05) is 18.5 Å². The molecule has 3 rings (SSSR count). The van der Waals surface area contributed by atoms with E-state index in [0.29, 0.717) is 46.6 Å². The number of carbonyl (C=O) groups is 2. The van der Waals surface area contributed by atoms with Gasteiger partial charge in [0.2, 0.25) is 0 Å². The van der Waals surface area contributed by atoms with Crippen LogP contribution in [0.1, 0.15) is 33.3 Å². The normalized spacial score (nSPS) is 14.0. The van der Waals surface area contributed by atoms with Crippen molar-refractivity contribution < 1.29 is 19.1 Å². The summed E-state index contributed by atoms with van der Waals surface area (Å²) in [7, 11) is 0. The predicted octanol–water partition coefficient (Wildman–Crippen LogP) is 4.74. The van der Waals surface area contributed by atoms with Gasteiger partial charge in [-0.05, 0) is 57.5 Å². The molecular weight excluding hydrogens is 404 g/mol. The van der Waals surface area contributed by atoms with Crippen molar-refractivity contribution in [1.82, 2.24) is 4.90 Å². The van der Waals surface area contributed by atoms with Gasteiger partial charge < -0.3 is 14.8 Å². The fourth-order valence-corrected chi connectivity index (χ4v) is 3.42. The number of hydrogen-bond acceptors (Lipinski definition) is 5. The van der Waals surface area contributed by atoms with Crippen LogP contribution in [0.2, 0.25) is 5.02 Å². The first-order valence-corrected chi connectivity index (χ1v) is 10.3. The number of rotatable bonds is 8. The summed E-state index contributed by atoms with van der Waals surface area (Å²) in [6.07, 6.45) is 0. The molecule has 30 heavy (non-hydrogen) atoms. The van der Waals surface area contributed by atoms with Crippen LogP contribution in [0, 0.1) is 0 Å². The van der Waals surface area contributed by atoms with E-state index >= 15 is 0 Å². The quantitative estimate of drug-likeness (QED) is 0.615. The second kappa shape index (κ2) is 9.22. The van der Waals surface area contributed by atoms with Gasteiger partial charge in [0.25, 0.3) is 11.8 Å². The van der Waals surface area contributed by atoms with Crippen LogP contribution in [-0.2, 0) is 9.59 Å². The molecule has 0 atom stereocenters. The average Bonchev–Trinajstić information content (AvgIpc) is 2.95. The molecule has 2 amide bonds. The highest BCUT2D eigenvalue weighted by molar-refractivity contribution is 6.37. The van der Waals surface area contributed by atoms with Gasteiger partial charge in [0.05, 0.1) is 18.8 Å². The summed E-state index contributed by atoms with van der Waals surface area (Å²) in [4.78, 5) is 27.4. The van der Waals surface area contributed by atoms with Crippen LogP contribution in [0.3, 0.4) is 0 Å². The molecule has 1 aliphatic rings. The number of carbonyl (C=O) groups excluding carboxylic acids is 2. The van der Waals surface area contributed by atoms with Crippen molar-refractivity contribution >= 4 is 34.7 Å². The first-order valence-electron chi connectivity index (χ1n) is 9.92. The zero-order chi connectivity index (χ0) is 21.8. The summed E-state index contributed by atoms with van der Waals surface area (Å²) in [6.45, 7) is 8.38. The number of hydrogen-bond donors (Lipinski definition) is 1. The Morgan fingerprint density at radius 2 is 1.57 bits per heavy atom. The Labute approximate surface area is 181 Å². The third kappa shape index (κ3) is 4.28. The fourth-order valence-electron chi connectivity index (χ4n) is 3.29. The summed E-state index contributed by atoms with van der Waals surface area (Å²) >= 11 is 6.00. The van der Waals surface area contributed by atoms with Crippen molar-refractivity contribution in [2.45, 2.75) is 33.7 Å². The molecule has 2 aromatic carbocycles. The SMILES string of the molecule is CCOc1ccc(NC2=C(c3ccc(Cl)cc3)C(=O)N(C(C)C)C2=O)cc1OCC. The van der Waals surface area contributed by atoms with Crippen LogP contribution in [0.25, 0.3) is 5.57 Å². The molecule has 1 N–H and O–H groups in total. The number of nitrogens with zero attached hydrogens (tertiary/aromatic N) is 1. The minimum Gasteiger partial charge on any atom is -0.490 e. The van der Waals surface area contributed by atoms with Crippen molar-refractivity contribution in [3.8, 4) is 11.5 Å². The van der Waals surface area contributed by atoms with E-state index in [2.05, 4.69) is 5.32 Å². The van der Waals surface area contributed by atoms with E-state index in [1.807, 2.05) is 27.7 Å². The molecule has 0 saturated carbocycles. The second-order valence-corrected chi connectivity index (χ2v) is 7.42. The first-order chi connectivity index (χ1) is 14.4. The van der Waals surface area contributed by atoms with E-state index < -0.39 is 0 Å². The fraction of sp³-hybridized carbons (Fsp3) is 0.304. The van der Waals surface area contributed by atoms with Gasteiger partial charge in [-0.15, -0.1) is 0 Å². The predicted molar refractivity (Wildman–Crippen MR) is 118 cm³/mol. The number of imide groups is 1. The monoisotopic (exact) mass is 428 g/mol. The number of nitrogens with one attached hydrogen (secondary N) is 1. The zero-order valence-electron chi connectivity index (χ0n) is 17.5. The maximum absolute atomic E-state index is 13.1. The summed E-state index contributed by atoms with van der Waals surface area (Å²) in [5.74, 6) is 0.479. The highest BCUT2D eigenvalue weighted by atomic mass is 35.5. The van der Waals surface area contributed by atoms with E-state index in [1.165, 1.54) is 4.90 Å². The van der Waals surface area contributed by atoms with Crippen LogP contribution < -0.4 is 14.8 Å². The van der Waals surface area contributed by atoms with Crippen LogP contribution >= 0.6 is 11.6 Å². The lowest BCUT2D eigenvalue weighted by Crippen LogP contribution is -2.38. The lowest BCUT2D eigenvalue weighted by Gasteiger charge is -2.19. The standard InChI is InChI=1S/C23H25ClN2O4/c1-5-29-18-12-11-17(13-19(18)30-6-2)25-21-20(15-7-9-16(24)10-8-15)22(27)26(14(3)4)23(21)28/h7-14,25H,5-6H2,1-4H3. The van der Waals surface area contributed by atoms with Gasteiger partial charge in [0, 0.05) is 22.8 Å². The van der Waals surface area contributed by atoms with E-state index in [9.17, 15) is 9.59 Å². The second-order valence-electron chi connectivity index (χ2n) is 6.98. The molecule has 0 aliphatic carbocycles. The number of benzene rings is 2. The Kier molecular flexibility index (Phi) is 6.67. The third-order valence-corrected chi connectivity index (χ3v) is 4.83. The topological polar surface area (TPSA) is 67.9 Å². The van der Waals surface area contributed by atoms with Gasteiger partial charge in [0.1, 0.15) is 5.70 Å². The van der Waals surface area contributed by atoms with Gasteiger partial charge in [-0.3, -0.25) is 14.5 Å². The molecule has 0 radical (unpaired) electrons. The average molecular weight is 429 g/mol. The highest BCUT2D eigenvalue weighted by Crippen LogP contribution is 2.35. The Hall–Kier alpha value is -2.99. The van der Waals surface area contributed by atoms with Crippen molar-refractivity contribution in [3.05, 3.63) is 58.7 Å². The number of amides is 2. The maximum atomic E-state index is 13.1. The summed E-state index contributed by atoms with van der Waals surface area (Å²) in [5, 5.41) is 3.69. The molecule has 0 saturated heterocycles. The molecule has 1 heterocycles. The molecule has 0 fully saturated rings. The van der Waals surface area contributed by atoms with Crippen molar-refractivity contribution in [3.63, 3.8) is 0 Å². The van der Waals surface area contributed by atoms with Gasteiger partial charge in [0.15, 0.2) is 11.5 Å². The molecule has 0 spiro atoms. The van der Waals surface area contributed by atoms with Crippen molar-refractivity contribution in [2.24, 2.45) is 0 Å². The van der Waals surface area contributed by atoms with Crippen molar-refractivity contribution in [1.29, 1.82) is 0 Å². The lowest BCUT2D eigenvalue weighted by atomic mass is 10.0. The van der Waals surface area contributed by atoms with Gasteiger partial charge in [-0.25, -0.2) is 0 Å². The molecule has 1 aliphatic heterocycles. The largest absolute Gasteiger partial charge is 0.490 e. The Morgan fingerprint density at radius 1 is 0.933 bits per heavy atom. The van der Waals surface area contributed by atoms with Gasteiger partial charge in [-0.2, -0.15) is 0 Å². The number of anilines is 1. The van der Waals surface area contributed by atoms with Crippen LogP contribution in [0.5, 0.6) is 11.5 Å². The maximum Gasteiger partial charge on any atom is 0.278 e. The molecular formula is C23H25ClN2O4. The van der Waals surface area contributed by atoms with E-state index in [-0.39, 0.29) is 23.6 Å². The van der Waals surface area contributed by atoms with E-state index in [1.54, 1.807) is 42.5 Å². The third-order valence-electron chi connectivity index (χ3n) is 4.58. The Bertz CT molecular complexity index is 983. The molecule has 7 heteroatoms. The molecule has 6 nitrogen and oxygen atoms in total. The molecule has 0 unspecified atom stereocenters. The minimum atomic E-state index is -0.369. The molecule has 158 valence electrons. The van der Waals surface area contributed by atoms with Crippen LogP contribution in [0.15, 0.2) is 48.2 Å². The Balaban J connectivity index is 2.05. The number of halogens is 1. The highest BCUT2D eigenvalue weighted by Gasteiger charge is 2.40. The smallest absolute Gasteiger partial charge is 0.278 e. The van der Waals surface area contributed by atoms with E-state index in [0.717, 1.165) is 0 Å². The first kappa shape index (κ1) is 21.7. The van der Waals surface area contributed by atoms with Gasteiger partial charge >= 0.3 is 0 Å².